The van der Waals surface area contributed by atoms with E-state index in [0.29, 0.717) is 0 Å². The van der Waals surface area contributed by atoms with Gasteiger partial charge in [-0.2, -0.15) is 8.78 Å². The van der Waals surface area contributed by atoms with Crippen LogP contribution in [0.1, 0.15) is 28.9 Å². The molecule has 0 saturated heterocycles. The standard InChI is InChI=1S/C21H19F2NO3/c1-13(15-10-5-8-14-7-3-4-9-16(14)15)24-20(25)17-11-6-12-18(26-2)19(17)27-21(22)23/h3-13,21H,1-2H3,(H,24,25). The number of amides is 1. The van der Waals surface area contributed by atoms with Gasteiger partial charge in [-0.15, -0.1) is 0 Å². The number of ether oxygens (including phenoxy) is 2. The molecule has 27 heavy (non-hydrogen) atoms. The maximum Gasteiger partial charge on any atom is 0.387 e. The zero-order chi connectivity index (χ0) is 19.4. The summed E-state index contributed by atoms with van der Waals surface area (Å²) in [6.07, 6.45) is 0. The summed E-state index contributed by atoms with van der Waals surface area (Å²) in [5.74, 6) is -0.733. The lowest BCUT2D eigenvalue weighted by atomic mass is 9.99. The Morgan fingerprint density at radius 2 is 1.70 bits per heavy atom. The van der Waals surface area contributed by atoms with Crippen LogP contribution in [0.15, 0.2) is 60.7 Å². The van der Waals surface area contributed by atoms with E-state index in [2.05, 4.69) is 10.1 Å². The smallest absolute Gasteiger partial charge is 0.387 e. The molecule has 0 spiro atoms. The molecule has 1 atom stereocenters. The summed E-state index contributed by atoms with van der Waals surface area (Å²) in [5.41, 5.74) is 0.919. The molecular weight excluding hydrogens is 352 g/mol. The fourth-order valence-corrected chi connectivity index (χ4v) is 3.05. The molecule has 0 heterocycles. The van der Waals surface area contributed by atoms with E-state index in [0.717, 1.165) is 16.3 Å². The van der Waals surface area contributed by atoms with Gasteiger partial charge in [0.2, 0.25) is 0 Å². The van der Waals surface area contributed by atoms with Crippen molar-refractivity contribution in [2.45, 2.75) is 19.6 Å². The number of para-hydroxylation sites is 1. The lowest BCUT2D eigenvalue weighted by molar-refractivity contribution is -0.0515. The molecule has 1 N–H and O–H groups in total. The van der Waals surface area contributed by atoms with Crippen LogP contribution >= 0.6 is 0 Å². The number of methoxy groups -OCH3 is 1. The van der Waals surface area contributed by atoms with Crippen LogP contribution in [0.5, 0.6) is 11.5 Å². The van der Waals surface area contributed by atoms with Crippen LogP contribution < -0.4 is 14.8 Å². The highest BCUT2D eigenvalue weighted by atomic mass is 19.3. The predicted octanol–water partition coefficient (Wildman–Crippen LogP) is 4.94. The summed E-state index contributed by atoms with van der Waals surface area (Å²) in [6.45, 7) is -1.23. The average Bonchev–Trinajstić information content (AvgIpc) is 2.67. The number of halogens is 2. The topological polar surface area (TPSA) is 47.6 Å². The lowest BCUT2D eigenvalue weighted by Crippen LogP contribution is -2.27. The fraction of sp³-hybridized carbons (Fsp3) is 0.190. The number of fused-ring (bicyclic) bond motifs is 1. The van der Waals surface area contributed by atoms with Crippen molar-refractivity contribution >= 4 is 16.7 Å². The van der Waals surface area contributed by atoms with Gasteiger partial charge in [0.1, 0.15) is 0 Å². The monoisotopic (exact) mass is 371 g/mol. The average molecular weight is 371 g/mol. The second kappa shape index (κ2) is 8.03. The molecular formula is C21H19F2NO3. The Kier molecular flexibility index (Phi) is 5.54. The van der Waals surface area contributed by atoms with Crippen LogP contribution in [0.25, 0.3) is 10.8 Å². The molecule has 0 aromatic heterocycles. The van der Waals surface area contributed by atoms with Crippen molar-refractivity contribution < 1.29 is 23.0 Å². The van der Waals surface area contributed by atoms with Crippen molar-refractivity contribution in [2.24, 2.45) is 0 Å². The number of carbonyl (C=O) groups excluding carboxylic acids is 1. The highest BCUT2D eigenvalue weighted by molar-refractivity contribution is 5.98. The molecule has 0 bridgehead atoms. The summed E-state index contributed by atoms with van der Waals surface area (Å²) in [7, 11) is 1.33. The predicted molar refractivity (Wildman–Crippen MR) is 99.5 cm³/mol. The van der Waals surface area contributed by atoms with E-state index < -0.39 is 12.5 Å². The first-order chi connectivity index (χ1) is 13.0. The Bertz CT molecular complexity index is 954. The quantitative estimate of drug-likeness (QED) is 0.668. The van der Waals surface area contributed by atoms with E-state index in [-0.39, 0.29) is 23.1 Å². The van der Waals surface area contributed by atoms with Gasteiger partial charge < -0.3 is 14.8 Å². The van der Waals surface area contributed by atoms with Crippen LogP contribution in [-0.4, -0.2) is 19.6 Å². The van der Waals surface area contributed by atoms with E-state index in [1.165, 1.54) is 19.2 Å². The number of hydrogen-bond acceptors (Lipinski definition) is 3. The molecule has 0 radical (unpaired) electrons. The number of alkyl halides is 2. The summed E-state index contributed by atoms with van der Waals surface area (Å²) < 4.78 is 35.1. The Balaban J connectivity index is 1.91. The van der Waals surface area contributed by atoms with Gasteiger partial charge in [-0.25, -0.2) is 0 Å². The SMILES string of the molecule is COc1cccc(C(=O)NC(C)c2cccc3ccccc23)c1OC(F)F. The number of rotatable bonds is 6. The van der Waals surface area contributed by atoms with E-state index in [1.807, 2.05) is 49.4 Å². The third-order valence-electron chi connectivity index (χ3n) is 4.29. The van der Waals surface area contributed by atoms with Crippen LogP contribution in [0.2, 0.25) is 0 Å². The molecule has 3 aromatic rings. The fourth-order valence-electron chi connectivity index (χ4n) is 3.05. The van der Waals surface area contributed by atoms with Gasteiger partial charge in [-0.05, 0) is 35.4 Å². The van der Waals surface area contributed by atoms with Crippen LogP contribution in [0, 0.1) is 0 Å². The largest absolute Gasteiger partial charge is 0.493 e. The Hall–Kier alpha value is -3.15. The molecule has 3 rings (SSSR count). The Morgan fingerprint density at radius 1 is 1.00 bits per heavy atom. The minimum absolute atomic E-state index is 0.0123. The molecule has 0 aliphatic heterocycles. The number of benzene rings is 3. The van der Waals surface area contributed by atoms with Gasteiger partial charge in [0.05, 0.1) is 18.7 Å². The molecule has 1 unspecified atom stereocenters. The number of nitrogens with one attached hydrogen (secondary N) is 1. The first-order valence-electron chi connectivity index (χ1n) is 8.41. The zero-order valence-corrected chi connectivity index (χ0v) is 14.9. The van der Waals surface area contributed by atoms with Crippen molar-refractivity contribution in [3.63, 3.8) is 0 Å². The minimum Gasteiger partial charge on any atom is -0.493 e. The van der Waals surface area contributed by atoms with Crippen LogP contribution in [0.3, 0.4) is 0 Å². The molecule has 6 heteroatoms. The summed E-state index contributed by atoms with van der Waals surface area (Å²) in [4.78, 5) is 12.7. The van der Waals surface area contributed by atoms with Gasteiger partial charge in [-0.1, -0.05) is 48.5 Å². The van der Waals surface area contributed by atoms with Crippen molar-refractivity contribution in [1.29, 1.82) is 0 Å². The molecule has 0 aliphatic carbocycles. The van der Waals surface area contributed by atoms with Crippen molar-refractivity contribution in [3.8, 4) is 11.5 Å². The summed E-state index contributed by atoms with van der Waals surface area (Å²) >= 11 is 0. The number of carbonyl (C=O) groups is 1. The van der Waals surface area contributed by atoms with Gasteiger partial charge in [0.15, 0.2) is 11.5 Å². The second-order valence-electron chi connectivity index (χ2n) is 5.98. The van der Waals surface area contributed by atoms with Gasteiger partial charge in [0, 0.05) is 0 Å². The lowest BCUT2D eigenvalue weighted by Gasteiger charge is -2.19. The third kappa shape index (κ3) is 4.00. The molecule has 3 aromatic carbocycles. The maximum absolute atomic E-state index is 12.8. The number of hydrogen-bond donors (Lipinski definition) is 1. The van der Waals surface area contributed by atoms with Gasteiger partial charge in [-0.3, -0.25) is 4.79 Å². The van der Waals surface area contributed by atoms with Crippen molar-refractivity contribution in [2.75, 3.05) is 7.11 Å². The molecule has 140 valence electrons. The molecule has 0 saturated carbocycles. The Labute approximate surface area is 155 Å². The van der Waals surface area contributed by atoms with E-state index in [4.69, 9.17) is 4.74 Å². The highest BCUT2D eigenvalue weighted by Crippen LogP contribution is 2.33. The van der Waals surface area contributed by atoms with E-state index in [1.54, 1.807) is 6.07 Å². The van der Waals surface area contributed by atoms with Crippen LogP contribution in [0.4, 0.5) is 8.78 Å². The van der Waals surface area contributed by atoms with Gasteiger partial charge >= 0.3 is 6.61 Å². The third-order valence-corrected chi connectivity index (χ3v) is 4.29. The first-order valence-corrected chi connectivity index (χ1v) is 8.41. The Morgan fingerprint density at radius 3 is 2.44 bits per heavy atom. The van der Waals surface area contributed by atoms with Crippen molar-refractivity contribution in [3.05, 3.63) is 71.8 Å². The molecule has 0 fully saturated rings. The van der Waals surface area contributed by atoms with Gasteiger partial charge in [0.25, 0.3) is 5.91 Å². The summed E-state index contributed by atoms with van der Waals surface area (Å²) in [5, 5.41) is 4.92. The van der Waals surface area contributed by atoms with Crippen molar-refractivity contribution in [1.82, 2.24) is 5.32 Å². The normalized spacial score (nSPS) is 12.0. The zero-order valence-electron chi connectivity index (χ0n) is 14.9. The van der Waals surface area contributed by atoms with Crippen LogP contribution in [-0.2, 0) is 0 Å². The minimum atomic E-state index is -3.07. The van der Waals surface area contributed by atoms with E-state index in [9.17, 15) is 13.6 Å². The second-order valence-corrected chi connectivity index (χ2v) is 5.98. The highest BCUT2D eigenvalue weighted by Gasteiger charge is 2.22. The molecule has 1 amide bonds. The first kappa shape index (κ1) is 18.6. The molecule has 4 nitrogen and oxygen atoms in total. The maximum atomic E-state index is 12.8. The summed E-state index contributed by atoms with van der Waals surface area (Å²) in [6, 6.07) is 17.8. The van der Waals surface area contributed by atoms with E-state index >= 15 is 0 Å². The molecule has 0 aliphatic rings.